The Morgan fingerprint density at radius 2 is 1.88 bits per heavy atom. The number of nitrogens with two attached hydrogens (primary N) is 1. The molecule has 16 nitrogen and oxygen atoms in total. The second-order valence-corrected chi connectivity index (χ2v) is 12.4. The third-order valence-electron chi connectivity index (χ3n) is 5.27. The molecule has 3 aromatic rings. The molecule has 3 rings (SSSR count). The molecule has 0 fully saturated rings. The molecular formula is C23H25N5O11S3. The largest absolute Gasteiger partial charge is 0.507 e. The van der Waals surface area contributed by atoms with Gasteiger partial charge in [0, 0.05) is 22.5 Å². The Balaban J connectivity index is 1.78. The number of sulfone groups is 1. The molecule has 42 heavy (non-hydrogen) atoms. The predicted molar refractivity (Wildman–Crippen MR) is 153 cm³/mol. The number of nitrogen functional groups attached to an aromatic ring is 1. The number of phenolic OH excluding ortho intramolecular Hbond substituents is 1. The zero-order valence-electron chi connectivity index (χ0n) is 21.5. The summed E-state index contributed by atoms with van der Waals surface area (Å²) in [5, 5.41) is 36.6. The van der Waals surface area contributed by atoms with E-state index in [0.717, 1.165) is 11.5 Å². The smallest absolute Gasteiger partial charge is 0.319 e. The Labute approximate surface area is 243 Å². The second kappa shape index (κ2) is 14.4. The molecule has 7 N–H and O–H groups in total. The molecule has 0 spiro atoms. The average Bonchev–Trinajstić information content (AvgIpc) is 2.92. The molecule has 0 radical (unpaired) electrons. The summed E-state index contributed by atoms with van der Waals surface area (Å²) in [4.78, 5) is 11.7. The van der Waals surface area contributed by atoms with Gasteiger partial charge < -0.3 is 26.2 Å². The van der Waals surface area contributed by atoms with Gasteiger partial charge in [-0.15, -0.1) is 9.45 Å². The van der Waals surface area contributed by atoms with Crippen LogP contribution in [-0.4, -0.2) is 63.3 Å². The molecule has 0 saturated carbocycles. The van der Waals surface area contributed by atoms with Gasteiger partial charge in [-0.25, -0.2) is 18.5 Å². The Morgan fingerprint density at radius 3 is 2.57 bits per heavy atom. The van der Waals surface area contributed by atoms with Crippen LogP contribution in [0.4, 0.5) is 27.5 Å². The Kier molecular flexibility index (Phi) is 11.2. The first-order chi connectivity index (χ1) is 19.8. The summed E-state index contributed by atoms with van der Waals surface area (Å²) < 4.78 is 65.8. The van der Waals surface area contributed by atoms with Gasteiger partial charge >= 0.3 is 6.03 Å². The molecule has 0 saturated heterocycles. The van der Waals surface area contributed by atoms with Crippen molar-refractivity contribution < 1.29 is 50.7 Å². The third-order valence-corrected chi connectivity index (χ3v) is 7.97. The predicted octanol–water partition coefficient (Wildman–Crippen LogP) is 3.91. The minimum atomic E-state index is -4.82. The zero-order valence-corrected chi connectivity index (χ0v) is 23.9. The van der Waals surface area contributed by atoms with E-state index < -0.39 is 42.3 Å². The molecule has 19 heteroatoms. The topological polar surface area (TPSA) is 249 Å². The fourth-order valence-electron chi connectivity index (χ4n) is 3.41. The van der Waals surface area contributed by atoms with Crippen molar-refractivity contribution in [1.82, 2.24) is 5.32 Å². The van der Waals surface area contributed by atoms with Gasteiger partial charge in [-0.1, -0.05) is 17.7 Å². The van der Waals surface area contributed by atoms with E-state index in [1.807, 2.05) is 0 Å². The molecule has 0 atom stereocenters. The SMILES string of the molecule is C=CS(=O)(=O)CCOCCNC(=O)Nc1cccc(N=Nc2c(N)c(S(=O)(=O)O)cc3cc(SOOO)cc(O)c23)c1. The number of urea groups is 1. The molecule has 0 aliphatic rings. The lowest BCUT2D eigenvalue weighted by molar-refractivity contribution is -0.432. The maximum Gasteiger partial charge on any atom is 0.319 e. The number of carbonyl (C=O) groups is 1. The van der Waals surface area contributed by atoms with E-state index in [-0.39, 0.29) is 52.6 Å². The minimum Gasteiger partial charge on any atom is -0.507 e. The fraction of sp³-hybridized carbons (Fsp3) is 0.174. The van der Waals surface area contributed by atoms with Gasteiger partial charge in [0.2, 0.25) is 0 Å². The van der Waals surface area contributed by atoms with Crippen LogP contribution in [0, 0.1) is 0 Å². The first-order valence-electron chi connectivity index (χ1n) is 11.6. The maximum absolute atomic E-state index is 12.2. The van der Waals surface area contributed by atoms with Crippen molar-refractivity contribution in [1.29, 1.82) is 0 Å². The van der Waals surface area contributed by atoms with E-state index in [1.54, 1.807) is 12.1 Å². The van der Waals surface area contributed by atoms with Crippen LogP contribution in [0.15, 0.2) is 74.5 Å². The standard InChI is InChI=1S/C23H25N5O11S3/c1-2-41(32,33)9-8-37-7-6-25-23(30)26-15-4-3-5-16(12-15)27-28-22-20-14(11-19(21(22)24)42(34,35)36)10-17(13-18(20)29)40-39-38-31/h2-5,10-13,29,31H,1,6-9,24H2,(H2,25,26,30)(H,34,35,36). The number of nitrogens with zero attached hydrogens (tertiary/aromatic N) is 2. The number of amides is 2. The van der Waals surface area contributed by atoms with E-state index in [1.165, 1.54) is 24.3 Å². The number of aromatic hydroxyl groups is 1. The first kappa shape index (κ1) is 32.7. The number of fused-ring (bicyclic) bond motifs is 1. The minimum absolute atomic E-state index is 0.00381. The van der Waals surface area contributed by atoms with Gasteiger partial charge in [0.25, 0.3) is 10.1 Å². The highest BCUT2D eigenvalue weighted by atomic mass is 32.2. The number of benzene rings is 3. The summed E-state index contributed by atoms with van der Waals surface area (Å²) in [6, 6.07) is 9.04. The normalized spacial score (nSPS) is 12.0. The quantitative estimate of drug-likeness (QED) is 0.0278. The number of rotatable bonds is 14. The molecule has 0 aromatic heterocycles. The molecular weight excluding hydrogens is 618 g/mol. The lowest BCUT2D eigenvalue weighted by Gasteiger charge is -2.12. The van der Waals surface area contributed by atoms with Crippen LogP contribution in [0.3, 0.4) is 0 Å². The van der Waals surface area contributed by atoms with Crippen LogP contribution in [0.1, 0.15) is 0 Å². The third kappa shape index (κ3) is 9.09. The Bertz CT molecular complexity index is 1710. The molecule has 0 heterocycles. The van der Waals surface area contributed by atoms with Crippen LogP contribution >= 0.6 is 12.0 Å². The lowest BCUT2D eigenvalue weighted by Crippen LogP contribution is -2.31. The van der Waals surface area contributed by atoms with Gasteiger partial charge in [0.15, 0.2) is 9.84 Å². The van der Waals surface area contributed by atoms with E-state index >= 15 is 0 Å². The van der Waals surface area contributed by atoms with Crippen molar-refractivity contribution in [2.45, 2.75) is 9.79 Å². The van der Waals surface area contributed by atoms with E-state index in [2.05, 4.69) is 36.8 Å². The molecule has 3 aromatic carbocycles. The number of anilines is 2. The van der Waals surface area contributed by atoms with Crippen molar-refractivity contribution in [2.75, 3.05) is 36.6 Å². The number of nitrogens with one attached hydrogen (secondary N) is 2. The van der Waals surface area contributed by atoms with Crippen LogP contribution in [0.5, 0.6) is 5.75 Å². The van der Waals surface area contributed by atoms with Crippen LogP contribution in [0.2, 0.25) is 0 Å². The molecule has 0 aliphatic carbocycles. The van der Waals surface area contributed by atoms with Gasteiger partial charge in [0.05, 0.1) is 47.8 Å². The van der Waals surface area contributed by atoms with E-state index in [0.29, 0.717) is 17.7 Å². The van der Waals surface area contributed by atoms with Gasteiger partial charge in [0.1, 0.15) is 16.3 Å². The highest BCUT2D eigenvalue weighted by Gasteiger charge is 2.22. The number of carbonyl (C=O) groups excluding carboxylic acids is 1. The summed E-state index contributed by atoms with van der Waals surface area (Å²) in [5.74, 6) is -0.627. The first-order valence-corrected chi connectivity index (χ1v) is 15.5. The number of hydrogen-bond donors (Lipinski definition) is 6. The second-order valence-electron chi connectivity index (χ2n) is 8.16. The molecule has 0 bridgehead atoms. The van der Waals surface area contributed by atoms with Crippen molar-refractivity contribution in [3.05, 3.63) is 54.5 Å². The highest BCUT2D eigenvalue weighted by Crippen LogP contribution is 2.44. The summed E-state index contributed by atoms with van der Waals surface area (Å²) in [6.07, 6.45) is 0. The highest BCUT2D eigenvalue weighted by molar-refractivity contribution is 7.94. The van der Waals surface area contributed by atoms with Gasteiger partial charge in [-0.05, 0) is 41.8 Å². The van der Waals surface area contributed by atoms with Crippen molar-refractivity contribution in [3.63, 3.8) is 0 Å². The zero-order chi connectivity index (χ0) is 30.9. The number of azo groups is 1. The van der Waals surface area contributed by atoms with Crippen molar-refractivity contribution in [2.24, 2.45) is 10.2 Å². The number of phenols is 1. The summed E-state index contributed by atoms with van der Waals surface area (Å²) in [7, 11) is -8.19. The Hall–Kier alpha value is -3.82. The van der Waals surface area contributed by atoms with E-state index in [4.69, 9.17) is 15.7 Å². The lowest BCUT2D eigenvalue weighted by atomic mass is 10.1. The molecule has 0 unspecified atom stereocenters. The van der Waals surface area contributed by atoms with E-state index in [9.17, 15) is 31.3 Å². The number of ether oxygens (including phenoxy) is 1. The summed E-state index contributed by atoms with van der Waals surface area (Å²) >= 11 is 0.498. The van der Waals surface area contributed by atoms with Crippen LogP contribution < -0.4 is 16.4 Å². The van der Waals surface area contributed by atoms with Gasteiger partial charge in [-0.2, -0.15) is 13.5 Å². The fourth-order valence-corrected chi connectivity index (χ4v) is 5.02. The molecule has 2 amide bonds. The summed E-state index contributed by atoms with van der Waals surface area (Å²) in [6.45, 7) is 3.32. The van der Waals surface area contributed by atoms with Gasteiger partial charge in [-0.3, -0.25) is 4.55 Å². The Morgan fingerprint density at radius 1 is 1.12 bits per heavy atom. The van der Waals surface area contributed by atoms with Crippen molar-refractivity contribution >= 4 is 71.6 Å². The van der Waals surface area contributed by atoms with Crippen LogP contribution in [-0.2, 0) is 34.1 Å². The monoisotopic (exact) mass is 643 g/mol. The van der Waals surface area contributed by atoms with Crippen molar-refractivity contribution in [3.8, 4) is 5.75 Å². The average molecular weight is 644 g/mol. The number of hydrogen-bond acceptors (Lipinski definition) is 14. The maximum atomic E-state index is 12.2. The summed E-state index contributed by atoms with van der Waals surface area (Å²) in [5.41, 5.74) is 5.74. The van der Waals surface area contributed by atoms with Crippen LogP contribution in [0.25, 0.3) is 10.8 Å². The molecule has 0 aliphatic heterocycles. The molecule has 226 valence electrons.